The second-order valence-corrected chi connectivity index (χ2v) is 5.11. The van der Waals surface area contributed by atoms with Gasteiger partial charge in [0.2, 0.25) is 0 Å². The van der Waals surface area contributed by atoms with Gasteiger partial charge in [0.15, 0.2) is 0 Å². The van der Waals surface area contributed by atoms with E-state index in [1.807, 2.05) is 19.6 Å². The molecule has 1 aliphatic carbocycles. The molecule has 1 saturated carbocycles. The van der Waals surface area contributed by atoms with Crippen molar-refractivity contribution in [2.24, 2.45) is 24.7 Å². The molecule has 0 aliphatic heterocycles. The van der Waals surface area contributed by atoms with Crippen molar-refractivity contribution >= 4 is 0 Å². The van der Waals surface area contributed by atoms with E-state index >= 15 is 0 Å². The van der Waals surface area contributed by atoms with Gasteiger partial charge in [-0.05, 0) is 24.7 Å². The molecule has 1 aromatic rings. The van der Waals surface area contributed by atoms with E-state index in [1.54, 1.807) is 0 Å². The second-order valence-electron chi connectivity index (χ2n) is 5.11. The van der Waals surface area contributed by atoms with Crippen molar-refractivity contribution in [3.8, 4) is 0 Å². The molecule has 0 spiro atoms. The number of nitrogens with zero attached hydrogens (tertiary/aromatic N) is 2. The van der Waals surface area contributed by atoms with Crippen LogP contribution in [0.15, 0.2) is 12.5 Å². The minimum atomic E-state index is 0.246. The van der Waals surface area contributed by atoms with Crippen LogP contribution in [-0.2, 0) is 7.05 Å². The zero-order valence-electron chi connectivity index (χ0n) is 10.2. The SMILES string of the molecule is CC1CCCC(C(NN)c2cncn2C)C1. The Kier molecular flexibility index (Phi) is 3.61. The van der Waals surface area contributed by atoms with Gasteiger partial charge in [-0.25, -0.2) is 4.98 Å². The highest BCUT2D eigenvalue weighted by atomic mass is 15.3. The molecule has 1 aliphatic rings. The predicted octanol–water partition coefficient (Wildman–Crippen LogP) is 1.75. The molecule has 0 amide bonds. The summed E-state index contributed by atoms with van der Waals surface area (Å²) in [7, 11) is 2.03. The molecule has 1 heterocycles. The number of hydrogen-bond acceptors (Lipinski definition) is 3. The van der Waals surface area contributed by atoms with Gasteiger partial charge in [0.1, 0.15) is 0 Å². The van der Waals surface area contributed by atoms with Crippen molar-refractivity contribution in [2.45, 2.75) is 38.6 Å². The predicted molar refractivity (Wildman–Crippen MR) is 64.4 cm³/mol. The van der Waals surface area contributed by atoms with Crippen LogP contribution in [0.5, 0.6) is 0 Å². The van der Waals surface area contributed by atoms with Gasteiger partial charge in [-0.1, -0.05) is 19.8 Å². The first-order valence-electron chi connectivity index (χ1n) is 6.14. The van der Waals surface area contributed by atoms with Crippen LogP contribution in [0.1, 0.15) is 44.3 Å². The Morgan fingerprint density at radius 1 is 1.56 bits per heavy atom. The quantitative estimate of drug-likeness (QED) is 0.605. The fourth-order valence-corrected chi connectivity index (χ4v) is 2.91. The Balaban J connectivity index is 2.13. The molecule has 3 unspecified atom stereocenters. The summed E-state index contributed by atoms with van der Waals surface area (Å²) >= 11 is 0. The number of rotatable bonds is 3. The molecule has 4 nitrogen and oxygen atoms in total. The van der Waals surface area contributed by atoms with E-state index in [1.165, 1.54) is 31.4 Å². The average Bonchev–Trinajstić information content (AvgIpc) is 2.67. The van der Waals surface area contributed by atoms with Crippen LogP contribution < -0.4 is 11.3 Å². The highest BCUT2D eigenvalue weighted by molar-refractivity contribution is 5.06. The summed E-state index contributed by atoms with van der Waals surface area (Å²) in [6.07, 6.45) is 8.97. The maximum Gasteiger partial charge on any atom is 0.0946 e. The second kappa shape index (κ2) is 4.97. The minimum Gasteiger partial charge on any atom is -0.336 e. The Morgan fingerprint density at radius 3 is 2.94 bits per heavy atom. The Morgan fingerprint density at radius 2 is 2.38 bits per heavy atom. The lowest BCUT2D eigenvalue weighted by Crippen LogP contribution is -2.36. The summed E-state index contributed by atoms with van der Waals surface area (Å²) in [6, 6.07) is 0.246. The van der Waals surface area contributed by atoms with E-state index in [9.17, 15) is 0 Å². The molecule has 1 fully saturated rings. The van der Waals surface area contributed by atoms with Crippen molar-refractivity contribution < 1.29 is 0 Å². The first kappa shape index (κ1) is 11.6. The van der Waals surface area contributed by atoms with Crippen LogP contribution in [0.3, 0.4) is 0 Å². The Hall–Kier alpha value is -0.870. The van der Waals surface area contributed by atoms with Gasteiger partial charge >= 0.3 is 0 Å². The lowest BCUT2D eigenvalue weighted by molar-refractivity contribution is 0.219. The molecule has 4 heteroatoms. The topological polar surface area (TPSA) is 55.9 Å². The van der Waals surface area contributed by atoms with E-state index in [0.717, 1.165) is 5.92 Å². The van der Waals surface area contributed by atoms with E-state index in [-0.39, 0.29) is 6.04 Å². The van der Waals surface area contributed by atoms with Gasteiger partial charge in [0.05, 0.1) is 18.1 Å². The van der Waals surface area contributed by atoms with E-state index in [2.05, 4.69) is 21.9 Å². The average molecular weight is 222 g/mol. The number of aryl methyl sites for hydroxylation is 1. The normalized spacial score (nSPS) is 27.9. The van der Waals surface area contributed by atoms with Crippen LogP contribution in [0, 0.1) is 11.8 Å². The van der Waals surface area contributed by atoms with E-state index in [0.29, 0.717) is 5.92 Å². The lowest BCUT2D eigenvalue weighted by Gasteiger charge is -2.32. The molecule has 3 atom stereocenters. The van der Waals surface area contributed by atoms with Crippen LogP contribution in [0.25, 0.3) is 0 Å². The van der Waals surface area contributed by atoms with Crippen LogP contribution >= 0.6 is 0 Å². The minimum absolute atomic E-state index is 0.246. The summed E-state index contributed by atoms with van der Waals surface area (Å²) in [5.74, 6) is 7.18. The molecule has 0 aromatic carbocycles. The van der Waals surface area contributed by atoms with Crippen LogP contribution in [0.4, 0.5) is 0 Å². The first-order valence-corrected chi connectivity index (χ1v) is 6.14. The smallest absolute Gasteiger partial charge is 0.0946 e. The van der Waals surface area contributed by atoms with Crippen molar-refractivity contribution in [3.63, 3.8) is 0 Å². The van der Waals surface area contributed by atoms with Gasteiger partial charge < -0.3 is 4.57 Å². The number of hydrogen-bond donors (Lipinski definition) is 2. The third-order valence-corrected chi connectivity index (χ3v) is 3.80. The number of nitrogens with one attached hydrogen (secondary N) is 1. The number of aromatic nitrogens is 2. The highest BCUT2D eigenvalue weighted by Gasteiger charge is 2.28. The largest absolute Gasteiger partial charge is 0.336 e. The van der Waals surface area contributed by atoms with Crippen molar-refractivity contribution in [3.05, 3.63) is 18.2 Å². The Bertz CT molecular complexity index is 334. The summed E-state index contributed by atoms with van der Waals surface area (Å²) in [4.78, 5) is 4.17. The van der Waals surface area contributed by atoms with Crippen LogP contribution in [-0.4, -0.2) is 9.55 Å². The van der Waals surface area contributed by atoms with Gasteiger partial charge in [-0.3, -0.25) is 11.3 Å². The summed E-state index contributed by atoms with van der Waals surface area (Å²) in [6.45, 7) is 2.34. The van der Waals surface area contributed by atoms with Gasteiger partial charge in [0.25, 0.3) is 0 Å². The molecule has 3 N–H and O–H groups in total. The van der Waals surface area contributed by atoms with E-state index in [4.69, 9.17) is 5.84 Å². The molecular weight excluding hydrogens is 200 g/mol. The molecule has 0 bridgehead atoms. The molecule has 16 heavy (non-hydrogen) atoms. The summed E-state index contributed by atoms with van der Waals surface area (Å²) < 4.78 is 2.06. The number of imidazole rings is 1. The summed E-state index contributed by atoms with van der Waals surface area (Å²) in [5.41, 5.74) is 4.17. The third-order valence-electron chi connectivity index (χ3n) is 3.80. The molecule has 2 rings (SSSR count). The molecule has 0 saturated heterocycles. The zero-order valence-corrected chi connectivity index (χ0v) is 10.2. The Labute approximate surface area is 97.2 Å². The monoisotopic (exact) mass is 222 g/mol. The third kappa shape index (κ3) is 2.28. The fourth-order valence-electron chi connectivity index (χ4n) is 2.91. The number of nitrogens with two attached hydrogens (primary N) is 1. The van der Waals surface area contributed by atoms with Crippen LogP contribution in [0.2, 0.25) is 0 Å². The standard InChI is InChI=1S/C12H22N4/c1-9-4-3-5-10(6-9)12(15-13)11-7-14-8-16(11)2/h7-10,12,15H,3-6,13H2,1-2H3. The maximum atomic E-state index is 5.72. The highest BCUT2D eigenvalue weighted by Crippen LogP contribution is 2.36. The van der Waals surface area contributed by atoms with Crippen molar-refractivity contribution in [1.82, 2.24) is 15.0 Å². The molecule has 0 radical (unpaired) electrons. The lowest BCUT2D eigenvalue weighted by atomic mass is 9.78. The first-order chi connectivity index (χ1) is 7.72. The van der Waals surface area contributed by atoms with E-state index < -0.39 is 0 Å². The molecule has 90 valence electrons. The van der Waals surface area contributed by atoms with Gasteiger partial charge in [0, 0.05) is 13.2 Å². The van der Waals surface area contributed by atoms with Gasteiger partial charge in [-0.15, -0.1) is 0 Å². The summed E-state index contributed by atoms with van der Waals surface area (Å²) in [5, 5.41) is 0. The van der Waals surface area contributed by atoms with Crippen molar-refractivity contribution in [1.29, 1.82) is 0 Å². The molecule has 1 aromatic heterocycles. The van der Waals surface area contributed by atoms with Crippen molar-refractivity contribution in [2.75, 3.05) is 0 Å². The number of hydrazine groups is 1. The molecular formula is C12H22N4. The zero-order chi connectivity index (χ0) is 11.5. The van der Waals surface area contributed by atoms with Gasteiger partial charge in [-0.2, -0.15) is 0 Å². The fraction of sp³-hybridized carbons (Fsp3) is 0.750. The maximum absolute atomic E-state index is 5.72.